The molecule has 0 aromatic heterocycles. The van der Waals surface area contributed by atoms with Crippen molar-refractivity contribution in [2.24, 2.45) is 5.16 Å². The van der Waals surface area contributed by atoms with E-state index in [4.69, 9.17) is 18.4 Å². The number of carbonyl (C=O) groups excluding carboxylic acids is 1. The normalized spacial score (nSPS) is 14.8. The van der Waals surface area contributed by atoms with Crippen LogP contribution in [0.15, 0.2) is 47.6 Å². The Kier molecular flexibility index (Phi) is 7.08. The van der Waals surface area contributed by atoms with Gasteiger partial charge in [0.25, 0.3) is 0 Å². The third-order valence-corrected chi connectivity index (χ3v) is 5.10. The van der Waals surface area contributed by atoms with E-state index in [1.54, 1.807) is 38.1 Å². The number of hydrogen-bond donors (Lipinski definition) is 1. The van der Waals surface area contributed by atoms with E-state index in [2.05, 4.69) is 14.8 Å². The second-order valence-electron chi connectivity index (χ2n) is 7.25. The Bertz CT molecular complexity index is 1080. The summed E-state index contributed by atoms with van der Waals surface area (Å²) in [6.45, 7) is 3.97. The zero-order valence-corrected chi connectivity index (χ0v) is 18.7. The Morgan fingerprint density at radius 1 is 1.09 bits per heavy atom. The van der Waals surface area contributed by atoms with Crippen LogP contribution in [0.4, 0.5) is 10.5 Å². The highest BCUT2D eigenvalue weighted by Crippen LogP contribution is 2.37. The van der Waals surface area contributed by atoms with Crippen LogP contribution >= 0.6 is 0 Å². The summed E-state index contributed by atoms with van der Waals surface area (Å²) in [7, 11) is -2.83. The maximum atomic E-state index is 11.8. The second kappa shape index (κ2) is 9.77. The predicted molar refractivity (Wildman–Crippen MR) is 116 cm³/mol. The van der Waals surface area contributed by atoms with Gasteiger partial charge in [0, 0.05) is 11.8 Å². The number of unbranched alkanes of at least 4 members (excludes halogenated alkanes) is 1. The molecule has 32 heavy (non-hydrogen) atoms. The largest absolute Gasteiger partial charge is 0.521 e. The van der Waals surface area contributed by atoms with Crippen molar-refractivity contribution in [3.05, 3.63) is 48.0 Å². The maximum absolute atomic E-state index is 11.8. The summed E-state index contributed by atoms with van der Waals surface area (Å²) < 4.78 is 48.8. The van der Waals surface area contributed by atoms with Crippen LogP contribution in [0.1, 0.15) is 32.3 Å². The quantitative estimate of drug-likeness (QED) is 0.318. The molecule has 0 saturated heterocycles. The number of ether oxygens (including phenoxy) is 3. The third-order valence-electron chi connectivity index (χ3n) is 4.44. The molecule has 0 unspecified atom stereocenters. The van der Waals surface area contributed by atoms with Gasteiger partial charge in [0.05, 0.1) is 19.4 Å². The molecule has 0 atom stereocenters. The Morgan fingerprint density at radius 2 is 1.78 bits per heavy atom. The molecule has 172 valence electrons. The average Bonchev–Trinajstić information content (AvgIpc) is 2.73. The molecule has 3 rings (SSSR count). The first-order valence-electron chi connectivity index (χ1n) is 9.75. The highest BCUT2D eigenvalue weighted by atomic mass is 32.3. The fourth-order valence-electron chi connectivity index (χ4n) is 2.91. The van der Waals surface area contributed by atoms with Gasteiger partial charge in [-0.05, 0) is 69.2 Å². The zero-order chi connectivity index (χ0) is 23.2. The van der Waals surface area contributed by atoms with Gasteiger partial charge >= 0.3 is 16.5 Å². The van der Waals surface area contributed by atoms with E-state index in [1.807, 2.05) is 6.07 Å². The lowest BCUT2D eigenvalue weighted by Gasteiger charge is -2.32. The van der Waals surface area contributed by atoms with Crippen LogP contribution < -0.4 is 19.0 Å². The van der Waals surface area contributed by atoms with Crippen molar-refractivity contribution in [1.29, 1.82) is 0 Å². The molecule has 0 radical (unpaired) electrons. The molecule has 0 bridgehead atoms. The summed E-state index contributed by atoms with van der Waals surface area (Å²) >= 11 is 0. The topological polar surface area (TPSA) is 122 Å². The number of hydrogen-bond acceptors (Lipinski definition) is 9. The first-order chi connectivity index (χ1) is 15.2. The zero-order valence-electron chi connectivity index (χ0n) is 17.9. The van der Waals surface area contributed by atoms with Crippen molar-refractivity contribution in [1.82, 2.24) is 0 Å². The number of anilines is 1. The number of amides is 1. The van der Waals surface area contributed by atoms with Gasteiger partial charge in [0.15, 0.2) is 0 Å². The van der Waals surface area contributed by atoms with Crippen LogP contribution in [0.3, 0.4) is 0 Å². The summed E-state index contributed by atoms with van der Waals surface area (Å²) in [6, 6.07) is 11.3. The Labute approximate surface area is 186 Å². The number of methoxy groups -OCH3 is 1. The molecule has 1 N–H and O–H groups in total. The van der Waals surface area contributed by atoms with Crippen LogP contribution in [0, 0.1) is 0 Å². The first kappa shape index (κ1) is 23.2. The smallest absolute Gasteiger partial charge is 0.497 e. The molecule has 1 amide bonds. The molecule has 2 aromatic rings. The van der Waals surface area contributed by atoms with Gasteiger partial charge in [-0.2, -0.15) is 0 Å². The van der Waals surface area contributed by atoms with Crippen molar-refractivity contribution < 1.29 is 35.9 Å². The minimum atomic E-state index is -4.33. The second-order valence-corrected chi connectivity index (χ2v) is 8.38. The average molecular weight is 464 g/mol. The van der Waals surface area contributed by atoms with E-state index in [0.717, 1.165) is 5.56 Å². The van der Waals surface area contributed by atoms with Crippen LogP contribution in [-0.4, -0.2) is 34.4 Å². The molecule has 0 fully saturated rings. The molecule has 0 aliphatic carbocycles. The van der Waals surface area contributed by atoms with Gasteiger partial charge in [-0.3, -0.25) is 5.32 Å². The number of benzene rings is 2. The molecule has 1 heterocycles. The third kappa shape index (κ3) is 6.27. The van der Waals surface area contributed by atoms with E-state index in [1.165, 1.54) is 25.5 Å². The fraction of sp³-hybridized carbons (Fsp3) is 0.333. The lowest BCUT2D eigenvalue weighted by molar-refractivity contribution is 0.0418. The van der Waals surface area contributed by atoms with E-state index >= 15 is 0 Å². The highest BCUT2D eigenvalue weighted by molar-refractivity contribution is 7.82. The van der Waals surface area contributed by atoms with Gasteiger partial charge < -0.3 is 18.4 Å². The molecule has 1 aliphatic rings. The van der Waals surface area contributed by atoms with E-state index in [0.29, 0.717) is 36.6 Å². The molecule has 2 aromatic carbocycles. The first-order valence-corrected chi connectivity index (χ1v) is 11.1. The summed E-state index contributed by atoms with van der Waals surface area (Å²) in [5.74, 6) is 1.27. The molecule has 10 nitrogen and oxygen atoms in total. The summed E-state index contributed by atoms with van der Waals surface area (Å²) in [5, 5.41) is 6.08. The van der Waals surface area contributed by atoms with Gasteiger partial charge in [-0.15, -0.1) is 8.42 Å². The Balaban J connectivity index is 1.41. The number of rotatable bonds is 10. The number of nitrogens with one attached hydrogen (secondary N) is 1. The number of cyclic esters (lactones) is 1. The maximum Gasteiger partial charge on any atom is 0.521 e. The van der Waals surface area contributed by atoms with Crippen molar-refractivity contribution in [2.75, 3.05) is 19.0 Å². The van der Waals surface area contributed by atoms with Gasteiger partial charge in [0.2, 0.25) is 0 Å². The summed E-state index contributed by atoms with van der Waals surface area (Å²) in [6.07, 6.45) is 1.82. The Hall–Kier alpha value is -3.47. The Morgan fingerprint density at radius 3 is 2.50 bits per heavy atom. The number of oxime groups is 1. The van der Waals surface area contributed by atoms with E-state index < -0.39 is 22.1 Å². The molecule has 1 aliphatic heterocycles. The monoisotopic (exact) mass is 464 g/mol. The van der Waals surface area contributed by atoms with Crippen LogP contribution in [0.25, 0.3) is 0 Å². The van der Waals surface area contributed by atoms with Crippen molar-refractivity contribution in [3.8, 4) is 17.2 Å². The molecular weight excluding hydrogens is 440 g/mol. The molecule has 0 saturated carbocycles. The van der Waals surface area contributed by atoms with Gasteiger partial charge in [0.1, 0.15) is 22.8 Å². The fourth-order valence-corrected chi connectivity index (χ4v) is 3.45. The van der Waals surface area contributed by atoms with E-state index in [9.17, 15) is 13.2 Å². The SMILES string of the molecule is COc1ccc(OS(=O)(=O)ON=CCCCOc2ccc3c(c2)C(C)(C)OC(=O)N3)cc1. The minimum Gasteiger partial charge on any atom is -0.497 e. The number of nitrogens with zero attached hydrogens (tertiary/aromatic N) is 1. The number of carbonyl (C=O) groups is 1. The lowest BCUT2D eigenvalue weighted by atomic mass is 9.94. The van der Waals surface area contributed by atoms with Crippen LogP contribution in [0.2, 0.25) is 0 Å². The lowest BCUT2D eigenvalue weighted by Crippen LogP contribution is -2.34. The minimum absolute atomic E-state index is 0.0765. The van der Waals surface area contributed by atoms with Gasteiger partial charge in [-0.1, -0.05) is 5.16 Å². The highest BCUT2D eigenvalue weighted by Gasteiger charge is 2.33. The number of fused-ring (bicyclic) bond motifs is 1. The van der Waals surface area contributed by atoms with Crippen LogP contribution in [-0.2, 0) is 25.0 Å². The summed E-state index contributed by atoms with van der Waals surface area (Å²) in [4.78, 5) is 11.6. The molecular formula is C21H24N2O8S. The standard InChI is InChI=1S/C21H24N2O8S/c1-21(2)18-14-17(10-11-19(18)23-20(24)29-21)28-13-5-4-12-22-31-32(25,26)30-16-8-6-15(27-3)7-9-16/h6-12,14H,4-5,13H2,1-3H3,(H,23,24). The summed E-state index contributed by atoms with van der Waals surface area (Å²) in [5.41, 5.74) is 0.730. The van der Waals surface area contributed by atoms with Crippen LogP contribution in [0.5, 0.6) is 17.2 Å². The van der Waals surface area contributed by atoms with Crippen molar-refractivity contribution in [2.45, 2.75) is 32.3 Å². The van der Waals surface area contributed by atoms with Crippen molar-refractivity contribution >= 4 is 28.4 Å². The molecule has 11 heteroatoms. The predicted octanol–water partition coefficient (Wildman–Crippen LogP) is 3.98. The van der Waals surface area contributed by atoms with Gasteiger partial charge in [-0.25, -0.2) is 9.08 Å². The van der Waals surface area contributed by atoms with Crippen molar-refractivity contribution in [3.63, 3.8) is 0 Å². The molecule has 0 spiro atoms. The van der Waals surface area contributed by atoms with E-state index in [-0.39, 0.29) is 5.75 Å².